The minimum absolute atomic E-state index is 0.00645. The molecule has 1 aliphatic rings. The Hall–Kier alpha value is -4.27. The van der Waals surface area contributed by atoms with Crippen molar-refractivity contribution in [3.8, 4) is 34.3 Å². The van der Waals surface area contributed by atoms with Crippen molar-refractivity contribution in [3.63, 3.8) is 0 Å². The third-order valence-electron chi connectivity index (χ3n) is 5.31. The van der Waals surface area contributed by atoms with Gasteiger partial charge in [0.25, 0.3) is 0 Å². The third kappa shape index (κ3) is 2.98. The molecule has 0 amide bonds. The van der Waals surface area contributed by atoms with E-state index in [0.717, 1.165) is 5.56 Å². The first-order valence-corrected chi connectivity index (χ1v) is 9.37. The fourth-order valence-corrected chi connectivity index (χ4v) is 3.88. The predicted octanol–water partition coefficient (Wildman–Crippen LogP) is 2.75. The molecule has 3 N–H and O–H groups in total. The number of phenolic OH excluding ortho intramolecular Hbond substituents is 3. The van der Waals surface area contributed by atoms with Crippen molar-refractivity contribution < 1.29 is 29.3 Å². The Bertz CT molecular complexity index is 1430. The highest BCUT2D eigenvalue weighted by molar-refractivity contribution is 5.93. The summed E-state index contributed by atoms with van der Waals surface area (Å²) >= 11 is 0. The number of aromatic hydroxyl groups is 3. The summed E-state index contributed by atoms with van der Waals surface area (Å²) in [5, 5.41) is 34.0. The van der Waals surface area contributed by atoms with Gasteiger partial charge in [-0.3, -0.25) is 14.3 Å². The molecule has 0 aliphatic carbocycles. The number of benzene rings is 2. The minimum atomic E-state index is -0.508. The van der Waals surface area contributed by atoms with Crippen molar-refractivity contribution in [2.45, 2.75) is 12.3 Å². The second kappa shape index (κ2) is 6.63. The molecular weight excluding hydrogens is 404 g/mol. The second-order valence-electron chi connectivity index (χ2n) is 7.37. The highest BCUT2D eigenvalue weighted by Crippen LogP contribution is 2.46. The van der Waals surface area contributed by atoms with Crippen LogP contribution in [0.5, 0.6) is 23.0 Å². The van der Waals surface area contributed by atoms with Crippen molar-refractivity contribution >= 4 is 16.9 Å². The van der Waals surface area contributed by atoms with E-state index in [0.29, 0.717) is 11.1 Å². The van der Waals surface area contributed by atoms with Crippen LogP contribution in [0.2, 0.25) is 0 Å². The maximum Gasteiger partial charge on any atom is 0.312 e. The lowest BCUT2D eigenvalue weighted by atomic mass is 9.86. The first-order chi connectivity index (χ1) is 14.8. The van der Waals surface area contributed by atoms with Crippen molar-refractivity contribution in [2.24, 2.45) is 7.05 Å². The van der Waals surface area contributed by atoms with Gasteiger partial charge in [-0.25, -0.2) is 0 Å². The van der Waals surface area contributed by atoms with Crippen LogP contribution in [0.3, 0.4) is 0 Å². The Morgan fingerprint density at radius 1 is 1.06 bits per heavy atom. The zero-order valence-corrected chi connectivity index (χ0v) is 16.2. The fraction of sp³-hybridized carbons (Fsp3) is 0.136. The number of hydrogen-bond donors (Lipinski definition) is 3. The monoisotopic (exact) mass is 420 g/mol. The number of aryl methyl sites for hydroxylation is 1. The summed E-state index contributed by atoms with van der Waals surface area (Å²) in [6, 6.07) is 6.43. The van der Waals surface area contributed by atoms with Gasteiger partial charge in [-0.05, 0) is 23.8 Å². The maximum atomic E-state index is 12.9. The van der Waals surface area contributed by atoms with Gasteiger partial charge in [-0.1, -0.05) is 0 Å². The molecule has 0 bridgehead atoms. The largest absolute Gasteiger partial charge is 0.507 e. The summed E-state index contributed by atoms with van der Waals surface area (Å²) in [4.78, 5) is 25.1. The van der Waals surface area contributed by atoms with Crippen LogP contribution < -0.4 is 10.2 Å². The lowest BCUT2D eigenvalue weighted by molar-refractivity contribution is -0.135. The van der Waals surface area contributed by atoms with Gasteiger partial charge in [-0.15, -0.1) is 0 Å². The molecule has 2 aromatic heterocycles. The zero-order chi connectivity index (χ0) is 21.9. The SMILES string of the molecule is Cn1cc([C@@H]2CC(=O)Oc3cc(O)c4c(=O)cc(-c5ccc(O)c(O)c5)oc4c32)cn1. The lowest BCUT2D eigenvalue weighted by Gasteiger charge is -2.25. The van der Waals surface area contributed by atoms with Gasteiger partial charge in [0, 0.05) is 42.4 Å². The number of phenols is 3. The first-order valence-electron chi connectivity index (χ1n) is 9.37. The van der Waals surface area contributed by atoms with Gasteiger partial charge in [0.05, 0.1) is 12.6 Å². The van der Waals surface area contributed by atoms with E-state index in [4.69, 9.17) is 9.15 Å². The van der Waals surface area contributed by atoms with Crippen LogP contribution in [0, 0.1) is 0 Å². The molecule has 0 spiro atoms. The van der Waals surface area contributed by atoms with E-state index in [9.17, 15) is 24.9 Å². The molecule has 9 heteroatoms. The van der Waals surface area contributed by atoms with E-state index in [1.807, 2.05) is 0 Å². The van der Waals surface area contributed by atoms with E-state index in [2.05, 4.69) is 5.10 Å². The average molecular weight is 420 g/mol. The molecule has 0 fully saturated rings. The van der Waals surface area contributed by atoms with E-state index in [-0.39, 0.29) is 46.1 Å². The molecule has 0 radical (unpaired) electrons. The number of fused-ring (bicyclic) bond motifs is 3. The Balaban J connectivity index is 1.82. The number of carbonyl (C=O) groups is 1. The first kappa shape index (κ1) is 18.7. The molecule has 0 saturated heterocycles. The molecule has 1 aliphatic heterocycles. The molecule has 156 valence electrons. The minimum Gasteiger partial charge on any atom is -0.507 e. The van der Waals surface area contributed by atoms with Crippen LogP contribution in [0.1, 0.15) is 23.5 Å². The fourth-order valence-electron chi connectivity index (χ4n) is 3.88. The van der Waals surface area contributed by atoms with Crippen LogP contribution in [0.25, 0.3) is 22.3 Å². The number of esters is 1. The highest BCUT2D eigenvalue weighted by atomic mass is 16.5. The number of carbonyl (C=O) groups excluding carboxylic acids is 1. The van der Waals surface area contributed by atoms with Crippen LogP contribution in [-0.4, -0.2) is 31.1 Å². The van der Waals surface area contributed by atoms with Gasteiger partial charge in [-0.2, -0.15) is 5.10 Å². The summed E-state index contributed by atoms with van der Waals surface area (Å²) in [6.45, 7) is 0. The summed E-state index contributed by atoms with van der Waals surface area (Å²) in [5.41, 5.74) is 1.08. The zero-order valence-electron chi connectivity index (χ0n) is 16.2. The van der Waals surface area contributed by atoms with E-state index in [1.165, 1.54) is 30.3 Å². The Morgan fingerprint density at radius 2 is 1.87 bits per heavy atom. The Kier molecular flexibility index (Phi) is 4.01. The molecule has 3 heterocycles. The second-order valence-corrected chi connectivity index (χ2v) is 7.37. The van der Waals surface area contributed by atoms with E-state index < -0.39 is 17.3 Å². The molecule has 31 heavy (non-hydrogen) atoms. The van der Waals surface area contributed by atoms with Crippen molar-refractivity contribution in [1.29, 1.82) is 0 Å². The number of ether oxygens (including phenoxy) is 1. The average Bonchev–Trinajstić information content (AvgIpc) is 3.15. The number of hydrogen-bond acceptors (Lipinski definition) is 8. The molecule has 0 saturated carbocycles. The van der Waals surface area contributed by atoms with Gasteiger partial charge >= 0.3 is 5.97 Å². The van der Waals surface area contributed by atoms with Crippen LogP contribution in [0.4, 0.5) is 0 Å². The summed E-state index contributed by atoms with van der Waals surface area (Å²) in [5.74, 6) is -1.83. The van der Waals surface area contributed by atoms with Crippen molar-refractivity contribution in [2.75, 3.05) is 0 Å². The van der Waals surface area contributed by atoms with Crippen molar-refractivity contribution in [1.82, 2.24) is 9.78 Å². The van der Waals surface area contributed by atoms with Gasteiger partial charge < -0.3 is 24.5 Å². The predicted molar refractivity (Wildman–Crippen MR) is 108 cm³/mol. The van der Waals surface area contributed by atoms with Gasteiger partial charge in [0.2, 0.25) is 0 Å². The lowest BCUT2D eigenvalue weighted by Crippen LogP contribution is -2.21. The third-order valence-corrected chi connectivity index (χ3v) is 5.31. The van der Waals surface area contributed by atoms with Crippen molar-refractivity contribution in [3.05, 3.63) is 64.1 Å². The smallest absolute Gasteiger partial charge is 0.312 e. The molecule has 5 rings (SSSR count). The highest BCUT2D eigenvalue weighted by Gasteiger charge is 2.34. The molecule has 1 atom stereocenters. The molecular formula is C22H16N2O7. The molecule has 9 nitrogen and oxygen atoms in total. The summed E-state index contributed by atoms with van der Waals surface area (Å²) in [6.07, 6.45) is 3.38. The standard InChI is InChI=1S/C22H16N2O7/c1-24-9-11(8-23-24)12-5-19(29)30-18-7-16(28)21-15(27)6-17(31-22(21)20(12)18)10-2-3-13(25)14(26)4-10/h2-4,6-9,12,25-26,28H,5H2,1H3/t12-/m0/s1. The normalized spacial score (nSPS) is 15.6. The maximum absolute atomic E-state index is 12.9. The van der Waals surface area contributed by atoms with Gasteiger partial charge in [0.1, 0.15) is 28.2 Å². The van der Waals surface area contributed by atoms with E-state index >= 15 is 0 Å². The van der Waals surface area contributed by atoms with Crippen LogP contribution >= 0.6 is 0 Å². The van der Waals surface area contributed by atoms with Gasteiger partial charge in [0.15, 0.2) is 16.9 Å². The van der Waals surface area contributed by atoms with Crippen LogP contribution in [-0.2, 0) is 11.8 Å². The number of nitrogens with zero attached hydrogens (tertiary/aromatic N) is 2. The topological polar surface area (TPSA) is 135 Å². The number of rotatable bonds is 2. The molecule has 2 aromatic carbocycles. The number of aromatic nitrogens is 2. The molecule has 4 aromatic rings. The van der Waals surface area contributed by atoms with E-state index in [1.54, 1.807) is 24.1 Å². The quantitative estimate of drug-likeness (QED) is 0.256. The molecule has 0 unspecified atom stereocenters. The Labute approximate surface area is 174 Å². The summed E-state index contributed by atoms with van der Waals surface area (Å²) < 4.78 is 13.0. The van der Waals surface area contributed by atoms with Crippen LogP contribution in [0.15, 0.2) is 51.9 Å². The Morgan fingerprint density at radius 3 is 2.58 bits per heavy atom. The summed E-state index contributed by atoms with van der Waals surface area (Å²) in [7, 11) is 1.75.